The first-order valence-electron chi connectivity index (χ1n) is 6.16. The van der Waals surface area contributed by atoms with Crippen molar-refractivity contribution < 1.29 is 12.8 Å². The topological polar surface area (TPSA) is 71.3 Å². The van der Waals surface area contributed by atoms with Gasteiger partial charge < -0.3 is 9.73 Å². The van der Waals surface area contributed by atoms with Gasteiger partial charge in [-0.2, -0.15) is 0 Å². The van der Waals surface area contributed by atoms with Crippen LogP contribution in [0.4, 0.5) is 0 Å². The van der Waals surface area contributed by atoms with E-state index in [0.717, 1.165) is 6.42 Å². The normalized spacial score (nSPS) is 15.6. The summed E-state index contributed by atoms with van der Waals surface area (Å²) >= 11 is 0. The van der Waals surface area contributed by atoms with Crippen LogP contribution < -0.4 is 10.0 Å². The second-order valence-corrected chi connectivity index (χ2v) is 6.30. The molecule has 2 unspecified atom stereocenters. The van der Waals surface area contributed by atoms with Crippen molar-refractivity contribution in [2.75, 3.05) is 7.05 Å². The number of rotatable bonds is 7. The number of furan rings is 1. The Balaban J connectivity index is 2.60. The Morgan fingerprint density at radius 3 is 2.56 bits per heavy atom. The third-order valence-electron chi connectivity index (χ3n) is 3.27. The van der Waals surface area contributed by atoms with Crippen LogP contribution in [0.25, 0.3) is 0 Å². The van der Waals surface area contributed by atoms with Gasteiger partial charge in [0.25, 0.3) is 10.0 Å². The van der Waals surface area contributed by atoms with Gasteiger partial charge in [-0.1, -0.05) is 20.3 Å². The summed E-state index contributed by atoms with van der Waals surface area (Å²) < 4.78 is 30.5. The van der Waals surface area contributed by atoms with Gasteiger partial charge in [0.15, 0.2) is 0 Å². The summed E-state index contributed by atoms with van der Waals surface area (Å²) in [6, 6.07) is 3.52. The smallest absolute Gasteiger partial charge is 0.273 e. The van der Waals surface area contributed by atoms with Crippen LogP contribution in [-0.2, 0) is 16.6 Å². The second kappa shape index (κ2) is 6.36. The molecule has 1 aromatic heterocycles. The minimum absolute atomic E-state index is 0.0435. The highest BCUT2D eigenvalue weighted by atomic mass is 32.2. The fourth-order valence-electron chi connectivity index (χ4n) is 1.51. The molecule has 6 heteroatoms. The Kier molecular flexibility index (Phi) is 5.37. The Hall–Kier alpha value is -0.850. The summed E-state index contributed by atoms with van der Waals surface area (Å²) in [5, 5.41) is 3.28. The van der Waals surface area contributed by atoms with Gasteiger partial charge in [-0.15, -0.1) is 0 Å². The SMILES string of the molecule is CCC(C)C(C)NCc1ccc(S(=O)(=O)NC)o1. The van der Waals surface area contributed by atoms with Crippen molar-refractivity contribution in [3.63, 3.8) is 0 Å². The minimum Gasteiger partial charge on any atom is -0.447 e. The van der Waals surface area contributed by atoms with E-state index in [2.05, 4.69) is 30.8 Å². The van der Waals surface area contributed by atoms with Gasteiger partial charge in [-0.3, -0.25) is 0 Å². The van der Waals surface area contributed by atoms with Crippen LogP contribution in [0.5, 0.6) is 0 Å². The number of hydrogen-bond donors (Lipinski definition) is 2. The third-order valence-corrected chi connectivity index (χ3v) is 4.55. The molecule has 0 amide bonds. The maximum atomic E-state index is 11.5. The summed E-state index contributed by atoms with van der Waals surface area (Å²) in [7, 11) is -2.12. The highest BCUT2D eigenvalue weighted by molar-refractivity contribution is 7.89. The molecule has 0 saturated carbocycles. The molecule has 0 aliphatic heterocycles. The van der Waals surface area contributed by atoms with Crippen LogP contribution in [0.15, 0.2) is 21.6 Å². The summed E-state index contributed by atoms with van der Waals surface area (Å²) in [5.41, 5.74) is 0. The second-order valence-electron chi connectivity index (χ2n) is 4.48. The molecular formula is C12H22N2O3S. The first-order valence-corrected chi connectivity index (χ1v) is 7.64. The van der Waals surface area contributed by atoms with Crippen molar-refractivity contribution in [2.24, 2.45) is 5.92 Å². The zero-order chi connectivity index (χ0) is 13.8. The van der Waals surface area contributed by atoms with E-state index in [4.69, 9.17) is 4.42 Å². The molecular weight excluding hydrogens is 252 g/mol. The standard InChI is InChI=1S/C12H22N2O3S/c1-5-9(2)10(3)14-8-11-6-7-12(17-11)18(15,16)13-4/h6-7,9-10,13-14H,5,8H2,1-4H3. The lowest BCUT2D eigenvalue weighted by Gasteiger charge is -2.19. The lowest BCUT2D eigenvalue weighted by molar-refractivity contribution is 0.351. The fraction of sp³-hybridized carbons (Fsp3) is 0.667. The average Bonchev–Trinajstić information content (AvgIpc) is 2.84. The van der Waals surface area contributed by atoms with Gasteiger partial charge in [-0.05, 0) is 32.0 Å². The van der Waals surface area contributed by atoms with Crippen LogP contribution in [0.3, 0.4) is 0 Å². The van der Waals surface area contributed by atoms with Gasteiger partial charge in [0.1, 0.15) is 5.76 Å². The maximum Gasteiger partial charge on any atom is 0.273 e. The van der Waals surface area contributed by atoms with E-state index in [1.54, 1.807) is 6.07 Å². The molecule has 2 N–H and O–H groups in total. The number of hydrogen-bond acceptors (Lipinski definition) is 4. The maximum absolute atomic E-state index is 11.5. The quantitative estimate of drug-likeness (QED) is 0.794. The minimum atomic E-state index is -3.48. The third kappa shape index (κ3) is 3.83. The van der Waals surface area contributed by atoms with Crippen LogP contribution in [-0.4, -0.2) is 21.5 Å². The Labute approximate surface area is 109 Å². The van der Waals surface area contributed by atoms with Crippen molar-refractivity contribution in [3.8, 4) is 0 Å². The van der Waals surface area contributed by atoms with E-state index in [9.17, 15) is 8.42 Å². The van der Waals surface area contributed by atoms with Crippen molar-refractivity contribution in [3.05, 3.63) is 17.9 Å². The van der Waals surface area contributed by atoms with Crippen molar-refractivity contribution in [1.29, 1.82) is 0 Å². The van der Waals surface area contributed by atoms with Crippen molar-refractivity contribution in [2.45, 2.75) is 44.9 Å². The van der Waals surface area contributed by atoms with Crippen LogP contribution >= 0.6 is 0 Å². The van der Waals surface area contributed by atoms with E-state index >= 15 is 0 Å². The lowest BCUT2D eigenvalue weighted by atomic mass is 10.0. The van der Waals surface area contributed by atoms with E-state index in [1.807, 2.05) is 0 Å². The highest BCUT2D eigenvalue weighted by Gasteiger charge is 2.17. The summed E-state index contributed by atoms with van der Waals surface area (Å²) in [5.74, 6) is 1.19. The molecule has 5 nitrogen and oxygen atoms in total. The van der Waals surface area contributed by atoms with Gasteiger partial charge >= 0.3 is 0 Å². The molecule has 0 radical (unpaired) electrons. The molecule has 0 fully saturated rings. The number of sulfonamides is 1. The van der Waals surface area contributed by atoms with E-state index in [-0.39, 0.29) is 5.09 Å². The van der Waals surface area contributed by atoms with Crippen LogP contribution in [0.1, 0.15) is 33.0 Å². The monoisotopic (exact) mass is 274 g/mol. The molecule has 104 valence electrons. The summed E-state index contributed by atoms with van der Waals surface area (Å²) in [6.45, 7) is 6.97. The Morgan fingerprint density at radius 2 is 2.00 bits per heavy atom. The van der Waals surface area contributed by atoms with E-state index in [1.165, 1.54) is 13.1 Å². The first-order chi connectivity index (χ1) is 8.40. The Bertz CT molecular complexity index is 467. The molecule has 2 atom stereocenters. The predicted molar refractivity (Wildman–Crippen MR) is 70.7 cm³/mol. The number of nitrogens with one attached hydrogen (secondary N) is 2. The molecule has 1 heterocycles. The Morgan fingerprint density at radius 1 is 1.33 bits per heavy atom. The molecule has 0 aliphatic rings. The van der Waals surface area contributed by atoms with Gasteiger partial charge in [0, 0.05) is 6.04 Å². The zero-order valence-corrected chi connectivity index (χ0v) is 12.2. The lowest BCUT2D eigenvalue weighted by Crippen LogP contribution is -2.31. The van der Waals surface area contributed by atoms with Crippen LogP contribution in [0, 0.1) is 5.92 Å². The molecule has 0 spiro atoms. The largest absolute Gasteiger partial charge is 0.447 e. The zero-order valence-electron chi connectivity index (χ0n) is 11.4. The van der Waals surface area contributed by atoms with E-state index in [0.29, 0.717) is 24.3 Å². The van der Waals surface area contributed by atoms with E-state index < -0.39 is 10.0 Å². The van der Waals surface area contributed by atoms with Crippen molar-refractivity contribution >= 4 is 10.0 Å². The molecule has 0 saturated heterocycles. The van der Waals surface area contributed by atoms with Gasteiger partial charge in [-0.25, -0.2) is 13.1 Å². The van der Waals surface area contributed by atoms with Crippen molar-refractivity contribution in [1.82, 2.24) is 10.0 Å². The highest BCUT2D eigenvalue weighted by Crippen LogP contribution is 2.14. The average molecular weight is 274 g/mol. The molecule has 0 aromatic carbocycles. The summed E-state index contributed by atoms with van der Waals surface area (Å²) in [6.07, 6.45) is 1.10. The van der Waals surface area contributed by atoms with Crippen LogP contribution in [0.2, 0.25) is 0 Å². The van der Waals surface area contributed by atoms with Gasteiger partial charge in [0.05, 0.1) is 6.54 Å². The molecule has 0 aliphatic carbocycles. The first kappa shape index (κ1) is 15.2. The molecule has 0 bridgehead atoms. The fourth-order valence-corrected chi connectivity index (χ4v) is 2.18. The predicted octanol–water partition coefficient (Wildman–Crippen LogP) is 1.71. The molecule has 1 rings (SSSR count). The van der Waals surface area contributed by atoms with Gasteiger partial charge in [0.2, 0.25) is 5.09 Å². The molecule has 1 aromatic rings. The summed E-state index contributed by atoms with van der Waals surface area (Å²) in [4.78, 5) is 0. The molecule has 18 heavy (non-hydrogen) atoms.